The molecule has 0 fully saturated rings. The normalized spacial score (nSPS) is 12.6. The van der Waals surface area contributed by atoms with Gasteiger partial charge in [-0.2, -0.15) is 5.10 Å². The number of nitrogens with zero attached hydrogens (tertiary/aromatic N) is 2. The average Bonchev–Trinajstić information content (AvgIpc) is 2.75. The number of hydrogen-bond donors (Lipinski definition) is 1. The fraction of sp³-hybridized carbons (Fsp3) is 0.357. The first-order chi connectivity index (χ1) is 8.69. The summed E-state index contributed by atoms with van der Waals surface area (Å²) in [5, 5.41) is 8.24. The monoisotopic (exact) mass is 263 g/mol. The molecule has 0 saturated carbocycles. The maximum absolute atomic E-state index is 5.93. The van der Waals surface area contributed by atoms with Gasteiger partial charge in [0.1, 0.15) is 0 Å². The smallest absolute Gasteiger partial charge is 0.0521 e. The van der Waals surface area contributed by atoms with Gasteiger partial charge in [-0.15, -0.1) is 0 Å². The minimum atomic E-state index is 0.441. The molecule has 0 aliphatic carbocycles. The lowest BCUT2D eigenvalue weighted by Gasteiger charge is -2.16. The fourth-order valence-corrected chi connectivity index (χ4v) is 2.28. The summed E-state index contributed by atoms with van der Waals surface area (Å²) in [5.41, 5.74) is 2.56. The molecule has 0 radical (unpaired) electrons. The van der Waals surface area contributed by atoms with Gasteiger partial charge in [0, 0.05) is 30.7 Å². The van der Waals surface area contributed by atoms with E-state index in [0.717, 1.165) is 18.0 Å². The zero-order chi connectivity index (χ0) is 13.0. The molecule has 1 aromatic heterocycles. The molecule has 2 aromatic rings. The van der Waals surface area contributed by atoms with E-state index in [2.05, 4.69) is 28.7 Å². The number of aromatic nitrogens is 2. The molecule has 0 spiro atoms. The summed E-state index contributed by atoms with van der Waals surface area (Å²) in [5.74, 6) is 0.441. The van der Waals surface area contributed by atoms with Gasteiger partial charge in [-0.3, -0.25) is 4.68 Å². The molecule has 1 aromatic carbocycles. The predicted octanol–water partition coefficient (Wildman–Crippen LogP) is 2.62. The minimum Gasteiger partial charge on any atom is -0.319 e. The lowest BCUT2D eigenvalue weighted by Crippen LogP contribution is -2.19. The Kier molecular flexibility index (Phi) is 4.39. The molecule has 2 rings (SSSR count). The molecule has 0 amide bonds. The van der Waals surface area contributed by atoms with Gasteiger partial charge >= 0.3 is 0 Å². The first kappa shape index (κ1) is 13.1. The van der Waals surface area contributed by atoms with Crippen molar-refractivity contribution < 1.29 is 0 Å². The molecule has 1 unspecified atom stereocenters. The molecular formula is C14H18ClN3. The average molecular weight is 264 g/mol. The minimum absolute atomic E-state index is 0.441. The number of nitrogens with one attached hydrogen (secondary N) is 1. The van der Waals surface area contributed by atoms with E-state index in [4.69, 9.17) is 11.6 Å². The number of aryl methyl sites for hydroxylation is 1. The molecule has 1 atom stereocenters. The summed E-state index contributed by atoms with van der Waals surface area (Å²) < 4.78 is 1.84. The number of rotatable bonds is 5. The molecule has 0 aliphatic rings. The Hall–Kier alpha value is -1.32. The SMILES string of the molecule is CNCC(Cc1cnn(C)c1)c1ccc(Cl)cc1. The van der Waals surface area contributed by atoms with Crippen LogP contribution in [0.5, 0.6) is 0 Å². The summed E-state index contributed by atoms with van der Waals surface area (Å²) in [6, 6.07) is 8.09. The lowest BCUT2D eigenvalue weighted by molar-refractivity contribution is 0.625. The molecule has 4 heteroatoms. The first-order valence-corrected chi connectivity index (χ1v) is 6.44. The zero-order valence-electron chi connectivity index (χ0n) is 10.7. The van der Waals surface area contributed by atoms with E-state index in [9.17, 15) is 0 Å². The van der Waals surface area contributed by atoms with Crippen LogP contribution < -0.4 is 5.32 Å². The van der Waals surface area contributed by atoms with Gasteiger partial charge in [0.05, 0.1) is 6.20 Å². The van der Waals surface area contributed by atoms with Crippen LogP contribution in [-0.2, 0) is 13.5 Å². The van der Waals surface area contributed by atoms with Crippen LogP contribution in [-0.4, -0.2) is 23.4 Å². The quantitative estimate of drug-likeness (QED) is 0.899. The highest BCUT2D eigenvalue weighted by atomic mass is 35.5. The molecule has 0 saturated heterocycles. The number of likely N-dealkylation sites (N-methyl/N-ethyl adjacent to an activating group) is 1. The summed E-state index contributed by atoms with van der Waals surface area (Å²) in [6.07, 6.45) is 4.98. The van der Waals surface area contributed by atoms with Gasteiger partial charge in [-0.25, -0.2) is 0 Å². The molecular weight excluding hydrogens is 246 g/mol. The van der Waals surface area contributed by atoms with Gasteiger partial charge in [-0.1, -0.05) is 23.7 Å². The van der Waals surface area contributed by atoms with E-state index >= 15 is 0 Å². The van der Waals surface area contributed by atoms with Crippen LogP contribution >= 0.6 is 11.6 Å². The Morgan fingerprint density at radius 3 is 2.61 bits per heavy atom. The second kappa shape index (κ2) is 6.03. The third-order valence-corrected chi connectivity index (χ3v) is 3.28. The van der Waals surface area contributed by atoms with Crippen molar-refractivity contribution in [3.63, 3.8) is 0 Å². The van der Waals surface area contributed by atoms with Crippen molar-refractivity contribution in [1.29, 1.82) is 0 Å². The van der Waals surface area contributed by atoms with Crippen LogP contribution in [0.25, 0.3) is 0 Å². The lowest BCUT2D eigenvalue weighted by atomic mass is 9.93. The van der Waals surface area contributed by atoms with E-state index < -0.39 is 0 Å². The van der Waals surface area contributed by atoms with E-state index in [1.165, 1.54) is 11.1 Å². The summed E-state index contributed by atoms with van der Waals surface area (Å²) in [6.45, 7) is 0.941. The van der Waals surface area contributed by atoms with Crippen molar-refractivity contribution in [2.75, 3.05) is 13.6 Å². The third kappa shape index (κ3) is 3.34. The highest BCUT2D eigenvalue weighted by molar-refractivity contribution is 6.30. The highest BCUT2D eigenvalue weighted by Crippen LogP contribution is 2.22. The summed E-state index contributed by atoms with van der Waals surface area (Å²) in [7, 11) is 3.92. The van der Waals surface area contributed by atoms with Crippen LogP contribution in [0.2, 0.25) is 5.02 Å². The molecule has 3 nitrogen and oxygen atoms in total. The van der Waals surface area contributed by atoms with Gasteiger partial charge < -0.3 is 5.32 Å². The Balaban J connectivity index is 2.14. The number of halogens is 1. The zero-order valence-corrected chi connectivity index (χ0v) is 11.5. The van der Waals surface area contributed by atoms with Gasteiger partial charge in [0.2, 0.25) is 0 Å². The molecule has 0 bridgehead atoms. The van der Waals surface area contributed by atoms with Gasteiger partial charge in [-0.05, 0) is 36.7 Å². The van der Waals surface area contributed by atoms with Gasteiger partial charge in [0.15, 0.2) is 0 Å². The summed E-state index contributed by atoms with van der Waals surface area (Å²) >= 11 is 5.93. The maximum atomic E-state index is 5.93. The van der Waals surface area contributed by atoms with E-state index in [0.29, 0.717) is 5.92 Å². The van der Waals surface area contributed by atoms with Crippen molar-refractivity contribution in [2.45, 2.75) is 12.3 Å². The molecule has 1 N–H and O–H groups in total. The van der Waals surface area contributed by atoms with Crippen molar-refractivity contribution in [3.8, 4) is 0 Å². The first-order valence-electron chi connectivity index (χ1n) is 6.06. The van der Waals surface area contributed by atoms with Crippen LogP contribution in [0.3, 0.4) is 0 Å². The topological polar surface area (TPSA) is 29.9 Å². The van der Waals surface area contributed by atoms with Gasteiger partial charge in [0.25, 0.3) is 0 Å². The Labute approximate surface area is 113 Å². The number of hydrogen-bond acceptors (Lipinski definition) is 2. The molecule has 96 valence electrons. The molecule has 0 aliphatic heterocycles. The Bertz CT molecular complexity index is 490. The fourth-order valence-electron chi connectivity index (χ4n) is 2.15. The van der Waals surface area contributed by atoms with E-state index in [1.807, 2.05) is 37.1 Å². The molecule has 1 heterocycles. The highest BCUT2D eigenvalue weighted by Gasteiger charge is 2.12. The van der Waals surface area contributed by atoms with Crippen LogP contribution in [0.4, 0.5) is 0 Å². The second-order valence-corrected chi connectivity index (χ2v) is 4.97. The third-order valence-electron chi connectivity index (χ3n) is 3.03. The van der Waals surface area contributed by atoms with Crippen molar-refractivity contribution in [2.24, 2.45) is 7.05 Å². The van der Waals surface area contributed by atoms with Crippen LogP contribution in [0.15, 0.2) is 36.7 Å². The summed E-state index contributed by atoms with van der Waals surface area (Å²) in [4.78, 5) is 0. The van der Waals surface area contributed by atoms with Crippen LogP contribution in [0, 0.1) is 0 Å². The molecule has 18 heavy (non-hydrogen) atoms. The van der Waals surface area contributed by atoms with Crippen LogP contribution in [0.1, 0.15) is 17.0 Å². The largest absolute Gasteiger partial charge is 0.319 e. The Morgan fingerprint density at radius 1 is 1.33 bits per heavy atom. The van der Waals surface area contributed by atoms with E-state index in [1.54, 1.807) is 0 Å². The number of benzene rings is 1. The predicted molar refractivity (Wildman–Crippen MR) is 75.0 cm³/mol. The van der Waals surface area contributed by atoms with Crippen molar-refractivity contribution in [1.82, 2.24) is 15.1 Å². The van der Waals surface area contributed by atoms with Crippen molar-refractivity contribution >= 4 is 11.6 Å². The van der Waals surface area contributed by atoms with Crippen molar-refractivity contribution in [3.05, 3.63) is 52.8 Å². The van der Waals surface area contributed by atoms with E-state index in [-0.39, 0.29) is 0 Å². The maximum Gasteiger partial charge on any atom is 0.0521 e. The Morgan fingerprint density at radius 2 is 2.06 bits per heavy atom. The second-order valence-electron chi connectivity index (χ2n) is 4.53. The standard InChI is InChI=1S/C14H18ClN3/c1-16-9-13(7-11-8-17-18(2)10-11)12-3-5-14(15)6-4-12/h3-6,8,10,13,16H,7,9H2,1-2H3.